The van der Waals surface area contributed by atoms with Crippen molar-refractivity contribution in [1.29, 1.82) is 0 Å². The van der Waals surface area contributed by atoms with Crippen molar-refractivity contribution in [3.05, 3.63) is 23.9 Å². The molecule has 2 aliphatic rings. The molecule has 3 rings (SSSR count). The van der Waals surface area contributed by atoms with E-state index in [1.54, 1.807) is 6.20 Å². The molecule has 132 valence electrons. The number of pyridine rings is 1. The van der Waals surface area contributed by atoms with Crippen molar-refractivity contribution in [2.24, 2.45) is 0 Å². The number of carbonyl (C=O) groups is 1. The van der Waals surface area contributed by atoms with Crippen molar-refractivity contribution in [2.45, 2.75) is 50.0 Å². The Labute approximate surface area is 144 Å². The minimum absolute atomic E-state index is 0.266. The summed E-state index contributed by atoms with van der Waals surface area (Å²) in [6.45, 7) is 6.52. The molecule has 0 unspecified atom stereocenters. The van der Waals surface area contributed by atoms with E-state index in [4.69, 9.17) is 9.84 Å². The molecule has 0 saturated carbocycles. The van der Waals surface area contributed by atoms with Crippen LogP contribution in [0.1, 0.15) is 45.2 Å². The second-order valence-electron chi connectivity index (χ2n) is 7.27. The number of carboxylic acid groups (broad SMARTS) is 1. The summed E-state index contributed by atoms with van der Waals surface area (Å²) in [7, 11) is 0. The first-order valence-corrected chi connectivity index (χ1v) is 9.18. The standard InChI is InChI=1S/C16H23N3O4S/c1-15(2,3)24(22)18-12-11-5-4-8-17-13(11)23-16(12)6-9-19(10-7-16)14(20)21/h4-5,8,12,18H,6-7,9-10H2,1-3H3,(H,20,21)/t12-,24+/m1/s1. The minimum Gasteiger partial charge on any atom is -0.598 e. The lowest BCUT2D eigenvalue weighted by molar-refractivity contribution is -0.00144. The van der Waals surface area contributed by atoms with Crippen LogP contribution in [0.2, 0.25) is 0 Å². The molecule has 1 amide bonds. The number of nitrogens with one attached hydrogen (secondary N) is 1. The maximum absolute atomic E-state index is 12.6. The topological polar surface area (TPSA) is 97.8 Å². The molecule has 7 nitrogen and oxygen atoms in total. The van der Waals surface area contributed by atoms with Crippen LogP contribution in [0, 0.1) is 0 Å². The lowest BCUT2D eigenvalue weighted by atomic mass is 9.83. The Morgan fingerprint density at radius 2 is 2.17 bits per heavy atom. The van der Waals surface area contributed by atoms with E-state index in [1.807, 2.05) is 32.9 Å². The van der Waals surface area contributed by atoms with E-state index in [2.05, 4.69) is 9.71 Å². The Balaban J connectivity index is 1.87. The molecule has 1 spiro atoms. The van der Waals surface area contributed by atoms with Gasteiger partial charge in [0.05, 0.1) is 0 Å². The summed E-state index contributed by atoms with van der Waals surface area (Å²) in [6.07, 6.45) is 1.83. The normalized spacial score (nSPS) is 23.7. The van der Waals surface area contributed by atoms with Gasteiger partial charge in [0.15, 0.2) is 0 Å². The van der Waals surface area contributed by atoms with Gasteiger partial charge in [-0.25, -0.2) is 9.78 Å². The summed E-state index contributed by atoms with van der Waals surface area (Å²) < 4.78 is 21.6. The predicted octanol–water partition coefficient (Wildman–Crippen LogP) is 2.08. The zero-order chi connectivity index (χ0) is 17.5. The number of rotatable bonds is 2. The van der Waals surface area contributed by atoms with Gasteiger partial charge in [-0.1, -0.05) is 6.07 Å². The first-order chi connectivity index (χ1) is 11.2. The van der Waals surface area contributed by atoms with E-state index < -0.39 is 27.8 Å². The van der Waals surface area contributed by atoms with Crippen molar-refractivity contribution >= 4 is 17.5 Å². The lowest BCUT2D eigenvalue weighted by Gasteiger charge is -2.41. The third-order valence-corrected chi connectivity index (χ3v) is 6.16. The molecule has 0 radical (unpaired) electrons. The molecule has 1 fully saturated rings. The fourth-order valence-corrected chi connectivity index (χ4v) is 4.07. The van der Waals surface area contributed by atoms with Gasteiger partial charge in [-0.15, -0.1) is 4.72 Å². The Morgan fingerprint density at radius 1 is 1.50 bits per heavy atom. The smallest absolute Gasteiger partial charge is 0.407 e. The molecule has 2 atom stereocenters. The molecule has 2 N–H and O–H groups in total. The van der Waals surface area contributed by atoms with E-state index in [-0.39, 0.29) is 6.04 Å². The highest BCUT2D eigenvalue weighted by molar-refractivity contribution is 7.90. The zero-order valence-electron chi connectivity index (χ0n) is 14.1. The molecule has 1 saturated heterocycles. The number of hydrogen-bond donors (Lipinski definition) is 2. The van der Waals surface area contributed by atoms with Crippen LogP contribution in [0.4, 0.5) is 4.79 Å². The third kappa shape index (κ3) is 3.05. The maximum atomic E-state index is 12.6. The first kappa shape index (κ1) is 17.3. The van der Waals surface area contributed by atoms with Gasteiger partial charge in [0.2, 0.25) is 5.88 Å². The van der Waals surface area contributed by atoms with Gasteiger partial charge in [-0.05, 0) is 26.8 Å². The van der Waals surface area contributed by atoms with Crippen molar-refractivity contribution in [3.8, 4) is 5.88 Å². The fourth-order valence-electron chi connectivity index (χ4n) is 3.17. The van der Waals surface area contributed by atoms with Crippen molar-refractivity contribution in [2.75, 3.05) is 13.1 Å². The van der Waals surface area contributed by atoms with Crippen molar-refractivity contribution < 1.29 is 19.2 Å². The number of fused-ring (bicyclic) bond motifs is 1. The number of nitrogens with zero attached hydrogens (tertiary/aromatic N) is 2. The number of piperidine rings is 1. The highest BCUT2D eigenvalue weighted by Gasteiger charge is 2.53. The van der Waals surface area contributed by atoms with Crippen LogP contribution in [-0.2, 0) is 11.4 Å². The van der Waals surface area contributed by atoms with E-state index in [0.29, 0.717) is 31.8 Å². The Morgan fingerprint density at radius 3 is 2.75 bits per heavy atom. The molecule has 1 aromatic rings. The number of amides is 1. The average Bonchev–Trinajstić information content (AvgIpc) is 2.80. The molecule has 0 bridgehead atoms. The molecule has 0 aliphatic carbocycles. The number of ether oxygens (including phenoxy) is 1. The van der Waals surface area contributed by atoms with Gasteiger partial charge in [-0.2, -0.15) is 0 Å². The van der Waals surface area contributed by atoms with Crippen molar-refractivity contribution in [1.82, 2.24) is 14.6 Å². The molecule has 3 heterocycles. The van der Waals surface area contributed by atoms with Crippen LogP contribution in [0.25, 0.3) is 0 Å². The van der Waals surface area contributed by atoms with Crippen LogP contribution in [0.5, 0.6) is 5.88 Å². The van der Waals surface area contributed by atoms with Crippen molar-refractivity contribution in [3.63, 3.8) is 0 Å². The summed E-state index contributed by atoms with van der Waals surface area (Å²) >= 11 is -1.27. The van der Waals surface area contributed by atoms with E-state index in [1.165, 1.54) is 4.90 Å². The quantitative estimate of drug-likeness (QED) is 0.790. The summed E-state index contributed by atoms with van der Waals surface area (Å²) in [5, 5.41) is 9.17. The Hall–Kier alpha value is -1.51. The van der Waals surface area contributed by atoms with Gasteiger partial charge in [-0.3, -0.25) is 0 Å². The largest absolute Gasteiger partial charge is 0.598 e. The number of aromatic nitrogens is 1. The van der Waals surface area contributed by atoms with E-state index in [0.717, 1.165) is 5.56 Å². The van der Waals surface area contributed by atoms with Gasteiger partial charge in [0.1, 0.15) is 16.4 Å². The van der Waals surface area contributed by atoms with Gasteiger partial charge < -0.3 is 19.3 Å². The number of hydrogen-bond acceptors (Lipinski definition) is 5. The maximum Gasteiger partial charge on any atom is 0.407 e. The molecule has 2 aliphatic heterocycles. The first-order valence-electron chi connectivity index (χ1n) is 8.03. The zero-order valence-corrected chi connectivity index (χ0v) is 14.9. The molecular weight excluding hydrogens is 330 g/mol. The third-order valence-electron chi connectivity index (χ3n) is 4.60. The molecular formula is C16H23N3O4S. The molecule has 24 heavy (non-hydrogen) atoms. The van der Waals surface area contributed by atoms with E-state index >= 15 is 0 Å². The Kier molecular flexibility index (Phi) is 4.39. The summed E-state index contributed by atoms with van der Waals surface area (Å²) in [5.74, 6) is 0.546. The molecule has 8 heteroatoms. The predicted molar refractivity (Wildman–Crippen MR) is 90.2 cm³/mol. The summed E-state index contributed by atoms with van der Waals surface area (Å²) in [5.41, 5.74) is 0.280. The van der Waals surface area contributed by atoms with Crippen LogP contribution in [0.3, 0.4) is 0 Å². The Bertz CT molecular complexity index is 626. The molecule has 1 aromatic heterocycles. The second-order valence-corrected chi connectivity index (χ2v) is 9.26. The van der Waals surface area contributed by atoms with Gasteiger partial charge >= 0.3 is 6.09 Å². The van der Waals surface area contributed by atoms with Gasteiger partial charge in [0.25, 0.3) is 0 Å². The van der Waals surface area contributed by atoms with Crippen LogP contribution < -0.4 is 9.46 Å². The van der Waals surface area contributed by atoms with Gasteiger partial charge in [0, 0.05) is 49.1 Å². The fraction of sp³-hybridized carbons (Fsp3) is 0.625. The summed E-state index contributed by atoms with van der Waals surface area (Å²) in [6, 6.07) is 3.50. The SMILES string of the molecule is CC(C)(C)[S@+]([O-])N[C@@H]1c2cccnc2OC12CCN(C(=O)O)CC2. The second kappa shape index (κ2) is 6.09. The summed E-state index contributed by atoms with van der Waals surface area (Å²) in [4.78, 5) is 16.9. The minimum atomic E-state index is -1.27. The van der Waals surface area contributed by atoms with Crippen LogP contribution in [-0.4, -0.2) is 49.1 Å². The van der Waals surface area contributed by atoms with Crippen LogP contribution in [0.15, 0.2) is 18.3 Å². The monoisotopic (exact) mass is 353 g/mol. The molecule has 0 aromatic carbocycles. The van der Waals surface area contributed by atoms with E-state index in [9.17, 15) is 9.35 Å². The highest BCUT2D eigenvalue weighted by Crippen LogP contribution is 2.48. The average molecular weight is 353 g/mol. The number of likely N-dealkylation sites (tertiary alicyclic amines) is 1. The highest BCUT2D eigenvalue weighted by atomic mass is 32.2. The lowest BCUT2D eigenvalue weighted by Crippen LogP contribution is -2.55. The van der Waals surface area contributed by atoms with Crippen LogP contribution >= 0.6 is 0 Å².